The molecule has 2 unspecified atom stereocenters. The zero-order valence-corrected chi connectivity index (χ0v) is 43.0. The number of likely N-dealkylation sites (N-methyl/N-ethyl adjacent to an activating group) is 1. The summed E-state index contributed by atoms with van der Waals surface area (Å²) in [7, 11) is 5.94. The van der Waals surface area contributed by atoms with E-state index in [4.69, 9.17) is 18.9 Å². The van der Waals surface area contributed by atoms with Crippen LogP contribution in [0.2, 0.25) is 0 Å². The van der Waals surface area contributed by atoms with Crippen LogP contribution in [-0.4, -0.2) is 87.4 Å². The van der Waals surface area contributed by atoms with E-state index in [1.807, 2.05) is 21.1 Å². The molecule has 0 spiro atoms. The number of carbonyl (C=O) groups excluding carboxylic acids is 2. The van der Waals surface area contributed by atoms with E-state index < -0.39 is 24.3 Å². The highest BCUT2D eigenvalue weighted by Crippen LogP contribution is 2.12. The van der Waals surface area contributed by atoms with Gasteiger partial charge in [0, 0.05) is 12.8 Å². The fourth-order valence-electron chi connectivity index (χ4n) is 6.49. The van der Waals surface area contributed by atoms with Crippen molar-refractivity contribution in [2.24, 2.45) is 0 Å². The highest BCUT2D eigenvalue weighted by Gasteiger charge is 2.25. The van der Waals surface area contributed by atoms with Crippen LogP contribution >= 0.6 is 0 Å². The minimum absolute atomic E-state index is 0.175. The molecule has 9 heteroatoms. The van der Waals surface area contributed by atoms with Crippen molar-refractivity contribution in [1.29, 1.82) is 0 Å². The number of hydrogen-bond donors (Lipinski definition) is 1. The molecule has 380 valence electrons. The Morgan fingerprint density at radius 2 is 0.851 bits per heavy atom. The Hall–Kier alpha value is -4.05. The SMILES string of the molecule is CC/C=C\C/C=C\C/C=C\C/C=C\C/C=C\C/C=C\C/C=C\C/C=C\CCCCCCC(=O)OC(COC(=O)CCCCCCC/C=C\CCCCCC)COC(OCC[N+](C)(C)C)C(=O)O. The molecule has 0 saturated heterocycles. The van der Waals surface area contributed by atoms with Crippen molar-refractivity contribution in [3.8, 4) is 0 Å². The molecule has 0 heterocycles. The van der Waals surface area contributed by atoms with Crippen molar-refractivity contribution in [1.82, 2.24) is 0 Å². The van der Waals surface area contributed by atoms with Gasteiger partial charge >= 0.3 is 17.9 Å². The van der Waals surface area contributed by atoms with Crippen molar-refractivity contribution in [3.63, 3.8) is 0 Å². The Balaban J connectivity index is 4.39. The number of allylic oxidation sites excluding steroid dienone is 18. The average Bonchev–Trinajstić information content (AvgIpc) is 3.29. The van der Waals surface area contributed by atoms with Gasteiger partial charge < -0.3 is 28.5 Å². The minimum Gasteiger partial charge on any atom is -0.477 e. The van der Waals surface area contributed by atoms with Crippen LogP contribution in [0, 0.1) is 0 Å². The van der Waals surface area contributed by atoms with E-state index in [1.54, 1.807) is 0 Å². The lowest BCUT2D eigenvalue weighted by Crippen LogP contribution is -2.40. The Bertz CT molecular complexity index is 1460. The molecule has 0 bridgehead atoms. The molecule has 0 amide bonds. The van der Waals surface area contributed by atoms with E-state index in [1.165, 1.54) is 32.1 Å². The molecule has 67 heavy (non-hydrogen) atoms. The second kappa shape index (κ2) is 48.4. The zero-order valence-electron chi connectivity index (χ0n) is 43.0. The summed E-state index contributed by atoms with van der Waals surface area (Å²) < 4.78 is 22.7. The molecular formula is C58H96NO8+. The van der Waals surface area contributed by atoms with E-state index >= 15 is 0 Å². The van der Waals surface area contributed by atoms with Gasteiger partial charge in [0.05, 0.1) is 34.4 Å². The van der Waals surface area contributed by atoms with Gasteiger partial charge in [-0.2, -0.15) is 0 Å². The van der Waals surface area contributed by atoms with Gasteiger partial charge in [-0.05, 0) is 103 Å². The van der Waals surface area contributed by atoms with Crippen LogP contribution in [0.4, 0.5) is 0 Å². The molecule has 0 aromatic heterocycles. The summed E-state index contributed by atoms with van der Waals surface area (Å²) >= 11 is 0. The molecule has 9 nitrogen and oxygen atoms in total. The molecule has 0 rings (SSSR count). The van der Waals surface area contributed by atoms with Gasteiger partial charge in [0.2, 0.25) is 0 Å². The number of carbonyl (C=O) groups is 3. The number of unbranched alkanes of at least 4 members (excludes halogenated alkanes) is 13. The van der Waals surface area contributed by atoms with Gasteiger partial charge in [0.25, 0.3) is 6.29 Å². The van der Waals surface area contributed by atoms with Gasteiger partial charge in [-0.1, -0.05) is 175 Å². The highest BCUT2D eigenvalue weighted by molar-refractivity contribution is 5.71. The lowest BCUT2D eigenvalue weighted by atomic mass is 10.1. The maximum absolute atomic E-state index is 12.8. The van der Waals surface area contributed by atoms with Crippen LogP contribution in [0.5, 0.6) is 0 Å². The van der Waals surface area contributed by atoms with E-state index in [0.29, 0.717) is 17.4 Å². The van der Waals surface area contributed by atoms with Gasteiger partial charge in [-0.15, -0.1) is 0 Å². The molecule has 0 aliphatic carbocycles. The first kappa shape index (κ1) is 63.0. The van der Waals surface area contributed by atoms with Crippen molar-refractivity contribution in [2.75, 3.05) is 47.5 Å². The molecular weight excluding hydrogens is 839 g/mol. The van der Waals surface area contributed by atoms with Crippen LogP contribution in [0.25, 0.3) is 0 Å². The van der Waals surface area contributed by atoms with Crippen LogP contribution in [0.15, 0.2) is 109 Å². The van der Waals surface area contributed by atoms with E-state index in [2.05, 4.69) is 123 Å². The Morgan fingerprint density at radius 3 is 1.28 bits per heavy atom. The van der Waals surface area contributed by atoms with Gasteiger partial charge in [-0.25, -0.2) is 4.79 Å². The fraction of sp³-hybridized carbons (Fsp3) is 0.638. The van der Waals surface area contributed by atoms with E-state index in [9.17, 15) is 19.5 Å². The summed E-state index contributed by atoms with van der Waals surface area (Å²) in [6, 6.07) is 0. The third-order valence-electron chi connectivity index (χ3n) is 10.5. The third-order valence-corrected chi connectivity index (χ3v) is 10.5. The summed E-state index contributed by atoms with van der Waals surface area (Å²) in [6.07, 6.45) is 63.0. The highest BCUT2D eigenvalue weighted by atomic mass is 16.7. The summed E-state index contributed by atoms with van der Waals surface area (Å²) in [4.78, 5) is 37.2. The monoisotopic (exact) mass is 935 g/mol. The molecule has 0 radical (unpaired) electrons. The first-order chi connectivity index (χ1) is 32.6. The number of quaternary nitrogens is 1. The largest absolute Gasteiger partial charge is 0.477 e. The standard InChI is InChI=1S/C58H95NO8/c1-6-8-10-12-14-16-18-20-21-22-23-24-25-26-27-28-29-30-31-32-33-34-35-37-39-41-43-45-47-49-56(61)67-54(53-66-58(57(62)63)64-51-50-59(3,4)5)52-65-55(60)48-46-44-42-40-38-36-19-17-15-13-11-9-7-2/h8,10,14,16-17,19-21,23-24,26-27,29-30,32-33,35,37,54,58H,6-7,9,11-13,15,18,22,25,28,31,34,36,38-53H2,1-5H3/p+1/b10-8-,16-14-,19-17-,21-20-,24-23-,27-26-,30-29-,33-32-,37-35-. The lowest BCUT2D eigenvalue weighted by molar-refractivity contribution is -0.870. The number of ether oxygens (including phenoxy) is 4. The zero-order chi connectivity index (χ0) is 49.2. The van der Waals surface area contributed by atoms with Crippen LogP contribution < -0.4 is 0 Å². The van der Waals surface area contributed by atoms with E-state index in [-0.39, 0.29) is 38.6 Å². The molecule has 1 N–H and O–H groups in total. The smallest absolute Gasteiger partial charge is 0.361 e. The Labute approximate surface area is 409 Å². The fourth-order valence-corrected chi connectivity index (χ4v) is 6.49. The number of hydrogen-bond acceptors (Lipinski definition) is 7. The number of esters is 2. The van der Waals surface area contributed by atoms with Gasteiger partial charge in [-0.3, -0.25) is 9.59 Å². The number of rotatable bonds is 46. The normalized spacial score (nSPS) is 13.7. The molecule has 0 saturated carbocycles. The topological polar surface area (TPSA) is 108 Å². The van der Waals surface area contributed by atoms with Crippen molar-refractivity contribution < 1.29 is 42.9 Å². The van der Waals surface area contributed by atoms with Gasteiger partial charge in [0.15, 0.2) is 6.10 Å². The number of aliphatic carboxylic acids is 1. The summed E-state index contributed by atoms with van der Waals surface area (Å²) in [6.45, 7) is 4.68. The van der Waals surface area contributed by atoms with Crippen molar-refractivity contribution >= 4 is 17.9 Å². The summed E-state index contributed by atoms with van der Waals surface area (Å²) in [5.41, 5.74) is 0. The number of carboxylic acids is 1. The quantitative estimate of drug-likeness (QED) is 0.0211. The number of carboxylic acid groups (broad SMARTS) is 1. The molecule has 0 aliphatic heterocycles. The second-order valence-corrected chi connectivity index (χ2v) is 18.1. The minimum atomic E-state index is -1.52. The Morgan fingerprint density at radius 1 is 0.463 bits per heavy atom. The van der Waals surface area contributed by atoms with Crippen molar-refractivity contribution in [3.05, 3.63) is 109 Å². The van der Waals surface area contributed by atoms with Crippen LogP contribution in [0.1, 0.15) is 181 Å². The molecule has 2 atom stereocenters. The summed E-state index contributed by atoms with van der Waals surface area (Å²) in [5.74, 6) is -2.07. The molecule has 0 aromatic carbocycles. The van der Waals surface area contributed by atoms with Crippen LogP contribution in [-0.2, 0) is 33.3 Å². The number of nitrogens with zero attached hydrogens (tertiary/aromatic N) is 1. The molecule has 0 aromatic rings. The summed E-state index contributed by atoms with van der Waals surface area (Å²) in [5, 5.41) is 9.66. The van der Waals surface area contributed by atoms with Crippen molar-refractivity contribution in [2.45, 2.75) is 193 Å². The second-order valence-electron chi connectivity index (χ2n) is 18.1. The first-order valence-electron chi connectivity index (χ1n) is 26.1. The Kier molecular flexibility index (Phi) is 45.5. The first-order valence-corrected chi connectivity index (χ1v) is 26.1. The maximum Gasteiger partial charge on any atom is 0.361 e. The van der Waals surface area contributed by atoms with E-state index in [0.717, 1.165) is 116 Å². The predicted octanol–water partition coefficient (Wildman–Crippen LogP) is 14.8. The van der Waals surface area contributed by atoms with Gasteiger partial charge in [0.1, 0.15) is 13.2 Å². The molecule has 0 fully saturated rings. The predicted molar refractivity (Wildman–Crippen MR) is 281 cm³/mol. The maximum atomic E-state index is 12.8. The lowest BCUT2D eigenvalue weighted by Gasteiger charge is -2.25. The third kappa shape index (κ3) is 49.7. The molecule has 0 aliphatic rings. The van der Waals surface area contributed by atoms with Crippen LogP contribution in [0.3, 0.4) is 0 Å². The average molecular weight is 935 g/mol.